The SMILES string of the molecule is O=C(c1ccc(OCC2CCCNC2)cc1)N1CCCCC1. The predicted octanol–water partition coefficient (Wildman–Crippen LogP) is 2.69. The molecular formula is C18H26N2O2. The van der Waals surface area contributed by atoms with Gasteiger partial charge in [-0.3, -0.25) is 4.79 Å². The summed E-state index contributed by atoms with van der Waals surface area (Å²) in [5.41, 5.74) is 0.772. The van der Waals surface area contributed by atoms with Gasteiger partial charge in [-0.1, -0.05) is 0 Å². The van der Waals surface area contributed by atoms with Gasteiger partial charge in [0, 0.05) is 31.1 Å². The second-order valence-corrected chi connectivity index (χ2v) is 6.40. The van der Waals surface area contributed by atoms with Gasteiger partial charge in [-0.25, -0.2) is 0 Å². The zero-order valence-corrected chi connectivity index (χ0v) is 13.2. The first kappa shape index (κ1) is 15.3. The van der Waals surface area contributed by atoms with Crippen molar-refractivity contribution in [2.45, 2.75) is 32.1 Å². The first-order valence-electron chi connectivity index (χ1n) is 8.56. The summed E-state index contributed by atoms with van der Waals surface area (Å²) in [6.45, 7) is 4.72. The highest BCUT2D eigenvalue weighted by atomic mass is 16.5. The van der Waals surface area contributed by atoms with E-state index in [1.165, 1.54) is 19.3 Å². The minimum absolute atomic E-state index is 0.155. The van der Waals surface area contributed by atoms with Crippen LogP contribution in [0.1, 0.15) is 42.5 Å². The summed E-state index contributed by atoms with van der Waals surface area (Å²) in [7, 11) is 0. The summed E-state index contributed by atoms with van der Waals surface area (Å²) in [6, 6.07) is 7.64. The Bertz CT molecular complexity index is 474. The summed E-state index contributed by atoms with van der Waals surface area (Å²) in [5, 5.41) is 3.40. The molecule has 2 fully saturated rings. The average Bonchev–Trinajstić information content (AvgIpc) is 2.61. The third-order valence-corrected chi connectivity index (χ3v) is 4.63. The van der Waals surface area contributed by atoms with E-state index in [0.717, 1.165) is 56.9 Å². The fourth-order valence-electron chi connectivity index (χ4n) is 3.25. The molecule has 1 unspecified atom stereocenters. The molecule has 120 valence electrons. The largest absolute Gasteiger partial charge is 0.493 e. The van der Waals surface area contributed by atoms with Gasteiger partial charge >= 0.3 is 0 Å². The number of hydrogen-bond donors (Lipinski definition) is 1. The van der Waals surface area contributed by atoms with Gasteiger partial charge in [0.2, 0.25) is 0 Å². The maximum Gasteiger partial charge on any atom is 0.253 e. The topological polar surface area (TPSA) is 41.6 Å². The lowest BCUT2D eigenvalue weighted by molar-refractivity contribution is 0.0724. The lowest BCUT2D eigenvalue weighted by atomic mass is 10.0. The van der Waals surface area contributed by atoms with E-state index in [1.807, 2.05) is 29.2 Å². The predicted molar refractivity (Wildman–Crippen MR) is 87.3 cm³/mol. The Morgan fingerprint density at radius 1 is 1.14 bits per heavy atom. The molecule has 2 aliphatic heterocycles. The van der Waals surface area contributed by atoms with Gasteiger partial charge in [0.15, 0.2) is 0 Å². The summed E-state index contributed by atoms with van der Waals surface area (Å²) >= 11 is 0. The molecule has 1 N–H and O–H groups in total. The van der Waals surface area contributed by atoms with Crippen molar-refractivity contribution < 1.29 is 9.53 Å². The van der Waals surface area contributed by atoms with Gasteiger partial charge in [-0.05, 0) is 62.9 Å². The number of nitrogens with one attached hydrogen (secondary N) is 1. The van der Waals surface area contributed by atoms with Gasteiger partial charge < -0.3 is 15.0 Å². The normalized spacial score (nSPS) is 22.4. The van der Waals surface area contributed by atoms with Crippen LogP contribution in [0.3, 0.4) is 0 Å². The Balaban J connectivity index is 1.51. The van der Waals surface area contributed by atoms with Crippen molar-refractivity contribution >= 4 is 5.91 Å². The quantitative estimate of drug-likeness (QED) is 0.930. The smallest absolute Gasteiger partial charge is 0.253 e. The highest BCUT2D eigenvalue weighted by Gasteiger charge is 2.18. The first-order valence-corrected chi connectivity index (χ1v) is 8.56. The van der Waals surface area contributed by atoms with Crippen LogP contribution in [-0.2, 0) is 0 Å². The number of benzene rings is 1. The Morgan fingerprint density at radius 2 is 1.91 bits per heavy atom. The molecule has 4 heteroatoms. The number of amides is 1. The fourth-order valence-corrected chi connectivity index (χ4v) is 3.25. The summed E-state index contributed by atoms with van der Waals surface area (Å²) < 4.78 is 5.86. The lowest BCUT2D eigenvalue weighted by Crippen LogP contribution is -2.35. The summed E-state index contributed by atoms with van der Waals surface area (Å²) in [4.78, 5) is 14.4. The molecule has 0 radical (unpaired) electrons. The van der Waals surface area contributed by atoms with Crippen LogP contribution in [0.5, 0.6) is 5.75 Å². The maximum atomic E-state index is 12.4. The number of nitrogens with zero attached hydrogens (tertiary/aromatic N) is 1. The Hall–Kier alpha value is -1.55. The number of rotatable bonds is 4. The number of carbonyl (C=O) groups is 1. The maximum absolute atomic E-state index is 12.4. The molecule has 2 saturated heterocycles. The number of carbonyl (C=O) groups excluding carboxylic acids is 1. The highest BCUT2D eigenvalue weighted by Crippen LogP contribution is 2.18. The highest BCUT2D eigenvalue weighted by molar-refractivity contribution is 5.94. The van der Waals surface area contributed by atoms with Crippen LogP contribution < -0.4 is 10.1 Å². The molecule has 0 aromatic heterocycles. The van der Waals surface area contributed by atoms with Crippen LogP contribution in [-0.4, -0.2) is 43.6 Å². The monoisotopic (exact) mass is 302 g/mol. The molecule has 0 saturated carbocycles. The number of ether oxygens (including phenoxy) is 1. The third kappa shape index (κ3) is 4.01. The van der Waals surface area contributed by atoms with E-state index in [1.54, 1.807) is 0 Å². The number of hydrogen-bond acceptors (Lipinski definition) is 3. The van der Waals surface area contributed by atoms with Crippen molar-refractivity contribution in [1.29, 1.82) is 0 Å². The summed E-state index contributed by atoms with van der Waals surface area (Å²) in [5.74, 6) is 1.62. The van der Waals surface area contributed by atoms with E-state index in [2.05, 4.69) is 5.32 Å². The van der Waals surface area contributed by atoms with Gasteiger partial charge in [-0.15, -0.1) is 0 Å². The molecule has 3 rings (SSSR count). The fraction of sp³-hybridized carbons (Fsp3) is 0.611. The molecule has 2 aliphatic rings. The van der Waals surface area contributed by atoms with Crippen LogP contribution in [0.25, 0.3) is 0 Å². The van der Waals surface area contributed by atoms with Gasteiger partial charge in [-0.2, -0.15) is 0 Å². The molecule has 2 heterocycles. The van der Waals surface area contributed by atoms with E-state index in [-0.39, 0.29) is 5.91 Å². The Kier molecular flexibility index (Phi) is 5.33. The zero-order chi connectivity index (χ0) is 15.2. The van der Waals surface area contributed by atoms with Crippen molar-refractivity contribution in [1.82, 2.24) is 10.2 Å². The average molecular weight is 302 g/mol. The zero-order valence-electron chi connectivity index (χ0n) is 13.2. The van der Waals surface area contributed by atoms with E-state index in [0.29, 0.717) is 5.92 Å². The van der Waals surface area contributed by atoms with Crippen LogP contribution in [0.2, 0.25) is 0 Å². The van der Waals surface area contributed by atoms with Gasteiger partial charge in [0.1, 0.15) is 5.75 Å². The van der Waals surface area contributed by atoms with Crippen LogP contribution in [0, 0.1) is 5.92 Å². The lowest BCUT2D eigenvalue weighted by Gasteiger charge is -2.26. The number of likely N-dealkylation sites (tertiary alicyclic amines) is 1. The second-order valence-electron chi connectivity index (χ2n) is 6.40. The van der Waals surface area contributed by atoms with E-state index in [9.17, 15) is 4.79 Å². The van der Waals surface area contributed by atoms with Gasteiger partial charge in [0.05, 0.1) is 6.61 Å². The minimum atomic E-state index is 0.155. The first-order chi connectivity index (χ1) is 10.8. The molecule has 22 heavy (non-hydrogen) atoms. The third-order valence-electron chi connectivity index (χ3n) is 4.63. The van der Waals surface area contributed by atoms with Crippen molar-refractivity contribution in [3.63, 3.8) is 0 Å². The molecule has 1 aromatic rings. The Labute approximate surface area is 132 Å². The standard InChI is InChI=1S/C18H26N2O2/c21-18(20-11-2-1-3-12-20)16-6-8-17(9-7-16)22-14-15-5-4-10-19-13-15/h6-9,15,19H,1-5,10-14H2. The van der Waals surface area contributed by atoms with Crippen molar-refractivity contribution in [3.8, 4) is 5.75 Å². The molecule has 0 bridgehead atoms. The van der Waals surface area contributed by atoms with Crippen molar-refractivity contribution in [3.05, 3.63) is 29.8 Å². The van der Waals surface area contributed by atoms with E-state index in [4.69, 9.17) is 4.74 Å². The Morgan fingerprint density at radius 3 is 2.59 bits per heavy atom. The van der Waals surface area contributed by atoms with E-state index < -0.39 is 0 Å². The second kappa shape index (κ2) is 7.63. The van der Waals surface area contributed by atoms with Gasteiger partial charge in [0.25, 0.3) is 5.91 Å². The minimum Gasteiger partial charge on any atom is -0.493 e. The molecule has 0 spiro atoms. The number of piperidine rings is 2. The van der Waals surface area contributed by atoms with Crippen LogP contribution in [0.15, 0.2) is 24.3 Å². The molecular weight excluding hydrogens is 276 g/mol. The van der Waals surface area contributed by atoms with Crippen LogP contribution in [0.4, 0.5) is 0 Å². The van der Waals surface area contributed by atoms with Crippen molar-refractivity contribution in [2.75, 3.05) is 32.8 Å². The summed E-state index contributed by atoms with van der Waals surface area (Å²) in [6.07, 6.45) is 5.97. The molecule has 4 nitrogen and oxygen atoms in total. The molecule has 1 atom stereocenters. The molecule has 0 aliphatic carbocycles. The molecule has 1 amide bonds. The van der Waals surface area contributed by atoms with Crippen molar-refractivity contribution in [2.24, 2.45) is 5.92 Å². The van der Waals surface area contributed by atoms with Crippen LogP contribution >= 0.6 is 0 Å². The molecule has 1 aromatic carbocycles. The van der Waals surface area contributed by atoms with E-state index >= 15 is 0 Å².